The summed E-state index contributed by atoms with van der Waals surface area (Å²) in [6.45, 7) is 1.60. The van der Waals surface area contributed by atoms with E-state index < -0.39 is 0 Å². The van der Waals surface area contributed by atoms with E-state index in [1.54, 1.807) is 0 Å². The maximum atomic E-state index is 13.8. The molecule has 0 radical (unpaired) electrons. The fourth-order valence-electron chi connectivity index (χ4n) is 3.09. The van der Waals surface area contributed by atoms with Gasteiger partial charge in [0.2, 0.25) is 0 Å². The molecule has 1 aliphatic heterocycles. The number of fused-ring (bicyclic) bond motifs is 1. The Morgan fingerprint density at radius 1 is 1.24 bits per heavy atom. The molecule has 2 aliphatic rings. The minimum Gasteiger partial charge on any atom is -0.363 e. The van der Waals surface area contributed by atoms with Crippen LogP contribution in [0.5, 0.6) is 0 Å². The molecule has 2 atom stereocenters. The average molecular weight is 238 g/mol. The molecule has 0 aromatic heterocycles. The first kappa shape index (κ1) is 11.0. The SMILES string of the molecule is Fc1ccc(F)c(N2CCN[C@H]3CCC[C@@H]32)c1. The van der Waals surface area contributed by atoms with Gasteiger partial charge in [-0.25, -0.2) is 8.78 Å². The summed E-state index contributed by atoms with van der Waals surface area (Å²) >= 11 is 0. The lowest BCUT2D eigenvalue weighted by Gasteiger charge is -2.40. The molecule has 2 fully saturated rings. The third-order valence-corrected chi connectivity index (χ3v) is 3.86. The summed E-state index contributed by atoms with van der Waals surface area (Å²) in [7, 11) is 0. The fraction of sp³-hybridized carbons (Fsp3) is 0.538. The van der Waals surface area contributed by atoms with E-state index in [0.717, 1.165) is 32.4 Å². The molecular formula is C13H16F2N2. The second-order valence-electron chi connectivity index (χ2n) is 4.85. The number of piperazine rings is 1. The van der Waals surface area contributed by atoms with Crippen molar-refractivity contribution < 1.29 is 8.78 Å². The van der Waals surface area contributed by atoms with Crippen LogP contribution in [0, 0.1) is 11.6 Å². The first-order valence-corrected chi connectivity index (χ1v) is 6.21. The van der Waals surface area contributed by atoms with Crippen molar-refractivity contribution in [1.82, 2.24) is 5.32 Å². The number of hydrogen-bond acceptors (Lipinski definition) is 2. The Kier molecular flexibility index (Phi) is 2.74. The molecule has 1 heterocycles. The molecule has 2 nitrogen and oxygen atoms in total. The molecule has 0 spiro atoms. The van der Waals surface area contributed by atoms with Crippen LogP contribution >= 0.6 is 0 Å². The molecule has 0 unspecified atom stereocenters. The monoisotopic (exact) mass is 238 g/mol. The maximum absolute atomic E-state index is 13.8. The second-order valence-corrected chi connectivity index (χ2v) is 4.85. The third-order valence-electron chi connectivity index (χ3n) is 3.86. The predicted octanol–water partition coefficient (Wildman–Crippen LogP) is 2.30. The highest BCUT2D eigenvalue weighted by Crippen LogP contribution is 2.32. The highest BCUT2D eigenvalue weighted by atomic mass is 19.1. The predicted molar refractivity (Wildman–Crippen MR) is 63.1 cm³/mol. The van der Waals surface area contributed by atoms with E-state index in [1.165, 1.54) is 18.2 Å². The van der Waals surface area contributed by atoms with Gasteiger partial charge in [0.15, 0.2) is 0 Å². The summed E-state index contributed by atoms with van der Waals surface area (Å²) in [4.78, 5) is 2.03. The molecule has 1 aromatic rings. The van der Waals surface area contributed by atoms with Crippen molar-refractivity contribution in [2.45, 2.75) is 31.3 Å². The zero-order valence-corrected chi connectivity index (χ0v) is 9.63. The first-order chi connectivity index (χ1) is 8.25. The Morgan fingerprint density at radius 2 is 2.12 bits per heavy atom. The minimum atomic E-state index is -0.366. The smallest absolute Gasteiger partial charge is 0.146 e. The summed E-state index contributed by atoms with van der Waals surface area (Å²) in [6.07, 6.45) is 3.36. The molecule has 92 valence electrons. The molecular weight excluding hydrogens is 222 g/mol. The Bertz CT molecular complexity index is 422. The topological polar surface area (TPSA) is 15.3 Å². The van der Waals surface area contributed by atoms with Crippen molar-refractivity contribution >= 4 is 5.69 Å². The molecule has 4 heteroatoms. The lowest BCUT2D eigenvalue weighted by atomic mass is 10.1. The quantitative estimate of drug-likeness (QED) is 0.807. The largest absolute Gasteiger partial charge is 0.363 e. The van der Waals surface area contributed by atoms with Crippen LogP contribution in [0.1, 0.15) is 19.3 Å². The van der Waals surface area contributed by atoms with Gasteiger partial charge in [-0.1, -0.05) is 0 Å². The summed E-state index contributed by atoms with van der Waals surface area (Å²) in [5, 5.41) is 3.46. The molecule has 17 heavy (non-hydrogen) atoms. The molecule has 0 bridgehead atoms. The number of hydrogen-bond donors (Lipinski definition) is 1. The van der Waals surface area contributed by atoms with Gasteiger partial charge in [0.05, 0.1) is 5.69 Å². The minimum absolute atomic E-state index is 0.319. The number of rotatable bonds is 1. The van der Waals surface area contributed by atoms with Crippen LogP contribution in [0.2, 0.25) is 0 Å². The van der Waals surface area contributed by atoms with Crippen molar-refractivity contribution in [3.8, 4) is 0 Å². The van der Waals surface area contributed by atoms with Gasteiger partial charge in [-0.05, 0) is 31.4 Å². The van der Waals surface area contributed by atoms with Crippen molar-refractivity contribution in [2.24, 2.45) is 0 Å². The van der Waals surface area contributed by atoms with Gasteiger partial charge < -0.3 is 10.2 Å². The van der Waals surface area contributed by atoms with E-state index in [-0.39, 0.29) is 11.6 Å². The lowest BCUT2D eigenvalue weighted by Crippen LogP contribution is -2.55. The van der Waals surface area contributed by atoms with Gasteiger partial charge >= 0.3 is 0 Å². The maximum Gasteiger partial charge on any atom is 0.146 e. The second kappa shape index (κ2) is 4.26. The van der Waals surface area contributed by atoms with E-state index in [1.807, 2.05) is 4.90 Å². The zero-order chi connectivity index (χ0) is 11.8. The van der Waals surface area contributed by atoms with Crippen LogP contribution in [0.4, 0.5) is 14.5 Å². The zero-order valence-electron chi connectivity index (χ0n) is 9.63. The van der Waals surface area contributed by atoms with Gasteiger partial charge in [-0.3, -0.25) is 0 Å². The fourth-order valence-corrected chi connectivity index (χ4v) is 3.09. The summed E-state index contributed by atoms with van der Waals surface area (Å²) in [5.74, 6) is -0.687. The summed E-state index contributed by atoms with van der Waals surface area (Å²) in [6, 6.07) is 4.46. The van der Waals surface area contributed by atoms with E-state index in [0.29, 0.717) is 17.8 Å². The molecule has 1 aliphatic carbocycles. The number of nitrogens with one attached hydrogen (secondary N) is 1. The molecule has 1 saturated carbocycles. The number of anilines is 1. The molecule has 0 amide bonds. The van der Waals surface area contributed by atoms with Crippen molar-refractivity contribution in [1.29, 1.82) is 0 Å². The molecule has 3 rings (SSSR count). The van der Waals surface area contributed by atoms with Gasteiger partial charge in [0.25, 0.3) is 0 Å². The van der Waals surface area contributed by atoms with E-state index in [9.17, 15) is 8.78 Å². The van der Waals surface area contributed by atoms with Gasteiger partial charge in [0.1, 0.15) is 11.6 Å². The summed E-state index contributed by atoms with van der Waals surface area (Å²) < 4.78 is 27.0. The highest BCUT2D eigenvalue weighted by molar-refractivity contribution is 5.50. The Labute approximate surface area is 99.6 Å². The van der Waals surface area contributed by atoms with E-state index in [4.69, 9.17) is 0 Å². The van der Waals surface area contributed by atoms with Gasteiger partial charge in [-0.15, -0.1) is 0 Å². The Morgan fingerprint density at radius 3 is 3.00 bits per heavy atom. The number of nitrogens with zero attached hydrogens (tertiary/aromatic N) is 1. The third kappa shape index (κ3) is 1.90. The molecule has 1 saturated heterocycles. The van der Waals surface area contributed by atoms with Crippen LogP contribution in [0.25, 0.3) is 0 Å². The number of benzene rings is 1. The first-order valence-electron chi connectivity index (χ1n) is 6.21. The summed E-state index contributed by atoms with van der Waals surface area (Å²) in [5.41, 5.74) is 0.420. The van der Waals surface area contributed by atoms with E-state index in [2.05, 4.69) is 5.32 Å². The van der Waals surface area contributed by atoms with Crippen molar-refractivity contribution in [2.75, 3.05) is 18.0 Å². The van der Waals surface area contributed by atoms with E-state index >= 15 is 0 Å². The highest BCUT2D eigenvalue weighted by Gasteiger charge is 2.35. The van der Waals surface area contributed by atoms with Crippen LogP contribution in [0.15, 0.2) is 18.2 Å². The molecule has 1 N–H and O–H groups in total. The number of halogens is 2. The van der Waals surface area contributed by atoms with Crippen LogP contribution in [0.3, 0.4) is 0 Å². The standard InChI is InChI=1S/C13H16F2N2/c14-9-4-5-10(15)13(8-9)17-7-6-16-11-2-1-3-12(11)17/h4-5,8,11-12,16H,1-3,6-7H2/t11-,12-/m0/s1. The van der Waals surface area contributed by atoms with Crippen LogP contribution in [-0.4, -0.2) is 25.2 Å². The Hall–Kier alpha value is -1.16. The Balaban J connectivity index is 1.94. The van der Waals surface area contributed by atoms with Gasteiger partial charge in [0, 0.05) is 31.2 Å². The van der Waals surface area contributed by atoms with Crippen molar-refractivity contribution in [3.05, 3.63) is 29.8 Å². The van der Waals surface area contributed by atoms with Crippen molar-refractivity contribution in [3.63, 3.8) is 0 Å². The van der Waals surface area contributed by atoms with Gasteiger partial charge in [-0.2, -0.15) is 0 Å². The van der Waals surface area contributed by atoms with Crippen LogP contribution < -0.4 is 10.2 Å². The molecule has 1 aromatic carbocycles. The lowest BCUT2D eigenvalue weighted by molar-refractivity contribution is 0.399. The normalized spacial score (nSPS) is 28.2. The average Bonchev–Trinajstić information content (AvgIpc) is 2.80. The van der Waals surface area contributed by atoms with Crippen LogP contribution in [-0.2, 0) is 0 Å².